The van der Waals surface area contributed by atoms with Gasteiger partial charge in [0.1, 0.15) is 0 Å². The van der Waals surface area contributed by atoms with Crippen molar-refractivity contribution in [1.82, 2.24) is 5.32 Å². The lowest BCUT2D eigenvalue weighted by Crippen LogP contribution is -2.43. The van der Waals surface area contributed by atoms with Crippen molar-refractivity contribution in [1.29, 1.82) is 0 Å². The summed E-state index contributed by atoms with van der Waals surface area (Å²) < 4.78 is 40.9. The number of hydrogen-bond acceptors (Lipinski definition) is 3. The molecule has 0 bridgehead atoms. The van der Waals surface area contributed by atoms with Gasteiger partial charge in [0.25, 0.3) is 0 Å². The van der Waals surface area contributed by atoms with Gasteiger partial charge < -0.3 is 15.2 Å². The highest BCUT2D eigenvalue weighted by molar-refractivity contribution is 5.75. The molecule has 1 aliphatic rings. The molecule has 1 heterocycles. The molecule has 0 saturated carbocycles. The van der Waals surface area contributed by atoms with E-state index in [1.165, 1.54) is 0 Å². The molecular formula is C11H18F3NO3. The van der Waals surface area contributed by atoms with E-state index in [0.717, 1.165) is 0 Å². The Morgan fingerprint density at radius 3 is 2.44 bits per heavy atom. The van der Waals surface area contributed by atoms with Gasteiger partial charge in [0.05, 0.1) is 13.0 Å². The fourth-order valence-electron chi connectivity index (χ4n) is 1.82. The van der Waals surface area contributed by atoms with E-state index in [9.17, 15) is 23.1 Å². The van der Waals surface area contributed by atoms with Gasteiger partial charge in [-0.1, -0.05) is 0 Å². The van der Waals surface area contributed by atoms with E-state index in [1.807, 2.05) is 0 Å². The normalized spacial score (nSPS) is 19.6. The molecule has 1 rings (SSSR count). The Morgan fingerprint density at radius 2 is 1.94 bits per heavy atom. The summed E-state index contributed by atoms with van der Waals surface area (Å²) in [6.45, 7) is 1.09. The van der Waals surface area contributed by atoms with Crippen LogP contribution in [-0.4, -0.2) is 43.6 Å². The quantitative estimate of drug-likeness (QED) is 0.789. The lowest BCUT2D eigenvalue weighted by atomic mass is 9.81. The number of amides is 1. The topological polar surface area (TPSA) is 58.6 Å². The van der Waals surface area contributed by atoms with Gasteiger partial charge in [0.2, 0.25) is 5.91 Å². The Labute approximate surface area is 103 Å². The summed E-state index contributed by atoms with van der Waals surface area (Å²) in [6.07, 6.45) is -4.80. The van der Waals surface area contributed by atoms with Crippen LogP contribution in [0, 0.1) is 5.41 Å². The number of rotatable bonds is 5. The minimum Gasteiger partial charge on any atom is -0.396 e. The van der Waals surface area contributed by atoms with Crippen molar-refractivity contribution in [3.63, 3.8) is 0 Å². The summed E-state index contributed by atoms with van der Waals surface area (Å²) in [5.74, 6) is -0.633. The van der Waals surface area contributed by atoms with Crippen molar-refractivity contribution >= 4 is 5.91 Å². The number of nitrogens with one attached hydrogen (secondary N) is 1. The number of aliphatic hydroxyl groups is 1. The lowest BCUT2D eigenvalue weighted by Gasteiger charge is -2.35. The standard InChI is InChI=1S/C11H18F3NO3/c12-11(13,14)2-1-9(17)15-7-10(8-16)3-5-18-6-4-10/h16H,1-8H2,(H,15,17). The fraction of sp³-hybridized carbons (Fsp3) is 0.909. The van der Waals surface area contributed by atoms with Crippen molar-refractivity contribution in [2.24, 2.45) is 5.41 Å². The molecule has 1 fully saturated rings. The van der Waals surface area contributed by atoms with Gasteiger partial charge in [-0.15, -0.1) is 0 Å². The smallest absolute Gasteiger partial charge is 0.389 e. The largest absolute Gasteiger partial charge is 0.396 e. The van der Waals surface area contributed by atoms with Crippen LogP contribution >= 0.6 is 0 Å². The predicted molar refractivity (Wildman–Crippen MR) is 57.9 cm³/mol. The maximum absolute atomic E-state index is 11.9. The second-order valence-electron chi connectivity index (χ2n) is 4.66. The minimum absolute atomic E-state index is 0.101. The highest BCUT2D eigenvalue weighted by Gasteiger charge is 2.33. The third-order valence-electron chi connectivity index (χ3n) is 3.18. The molecule has 0 aliphatic carbocycles. The molecule has 7 heteroatoms. The summed E-state index contributed by atoms with van der Waals surface area (Å²) in [5.41, 5.74) is -0.452. The van der Waals surface area contributed by atoms with Crippen molar-refractivity contribution in [3.05, 3.63) is 0 Å². The number of aliphatic hydroxyl groups excluding tert-OH is 1. The molecule has 0 spiro atoms. The Kier molecular flexibility index (Phi) is 5.40. The van der Waals surface area contributed by atoms with E-state index in [2.05, 4.69) is 5.32 Å². The molecule has 0 aromatic carbocycles. The predicted octanol–water partition coefficient (Wildman–Crippen LogP) is 1.23. The molecule has 0 unspecified atom stereocenters. The summed E-state index contributed by atoms with van der Waals surface area (Å²) in [4.78, 5) is 11.3. The van der Waals surface area contributed by atoms with Crippen LogP contribution in [0.2, 0.25) is 0 Å². The molecular weight excluding hydrogens is 251 g/mol. The van der Waals surface area contributed by atoms with Crippen LogP contribution in [0.25, 0.3) is 0 Å². The Balaban J connectivity index is 2.32. The number of carbonyl (C=O) groups is 1. The monoisotopic (exact) mass is 269 g/mol. The van der Waals surface area contributed by atoms with E-state index < -0.39 is 30.3 Å². The van der Waals surface area contributed by atoms with Gasteiger partial charge in [0.15, 0.2) is 0 Å². The first-order valence-electron chi connectivity index (χ1n) is 5.89. The summed E-state index contributed by atoms with van der Waals surface area (Å²) in [5, 5.41) is 11.8. The SMILES string of the molecule is O=C(CCC(F)(F)F)NCC1(CO)CCOCC1. The lowest BCUT2D eigenvalue weighted by molar-refractivity contribution is -0.144. The molecule has 1 aliphatic heterocycles. The van der Waals surface area contributed by atoms with Crippen LogP contribution in [0.5, 0.6) is 0 Å². The van der Waals surface area contributed by atoms with Crippen LogP contribution in [0.1, 0.15) is 25.7 Å². The number of carbonyl (C=O) groups excluding carboxylic acids is 1. The average Bonchev–Trinajstić information content (AvgIpc) is 2.34. The first-order chi connectivity index (χ1) is 8.37. The van der Waals surface area contributed by atoms with Gasteiger partial charge >= 0.3 is 6.18 Å². The van der Waals surface area contributed by atoms with Crippen molar-refractivity contribution < 1.29 is 27.8 Å². The molecule has 0 radical (unpaired) electrons. The van der Waals surface area contributed by atoms with Gasteiger partial charge in [-0.05, 0) is 12.8 Å². The Hall–Kier alpha value is -0.820. The fourth-order valence-corrected chi connectivity index (χ4v) is 1.82. The van der Waals surface area contributed by atoms with Gasteiger partial charge in [-0.25, -0.2) is 0 Å². The van der Waals surface area contributed by atoms with Gasteiger partial charge in [-0.3, -0.25) is 4.79 Å². The van der Waals surface area contributed by atoms with Crippen LogP contribution in [0.4, 0.5) is 13.2 Å². The Morgan fingerprint density at radius 1 is 1.33 bits per heavy atom. The maximum atomic E-state index is 11.9. The van der Waals surface area contributed by atoms with E-state index in [0.29, 0.717) is 26.1 Å². The van der Waals surface area contributed by atoms with E-state index in [4.69, 9.17) is 4.74 Å². The average molecular weight is 269 g/mol. The van der Waals surface area contributed by atoms with E-state index in [1.54, 1.807) is 0 Å². The molecule has 106 valence electrons. The zero-order valence-corrected chi connectivity index (χ0v) is 10.1. The van der Waals surface area contributed by atoms with Crippen molar-refractivity contribution in [3.8, 4) is 0 Å². The zero-order valence-electron chi connectivity index (χ0n) is 10.1. The zero-order chi connectivity index (χ0) is 13.6. The highest BCUT2D eigenvalue weighted by Crippen LogP contribution is 2.29. The molecule has 2 N–H and O–H groups in total. The molecule has 1 amide bonds. The van der Waals surface area contributed by atoms with Crippen LogP contribution in [-0.2, 0) is 9.53 Å². The second kappa shape index (κ2) is 6.38. The van der Waals surface area contributed by atoms with Crippen molar-refractivity contribution in [2.45, 2.75) is 31.9 Å². The van der Waals surface area contributed by atoms with Gasteiger partial charge in [-0.2, -0.15) is 13.2 Å². The van der Waals surface area contributed by atoms with Gasteiger partial charge in [0, 0.05) is 31.6 Å². The third kappa shape index (κ3) is 5.22. The number of halogens is 3. The van der Waals surface area contributed by atoms with Crippen LogP contribution < -0.4 is 5.32 Å². The molecule has 0 aromatic rings. The summed E-state index contributed by atoms with van der Waals surface area (Å²) in [7, 11) is 0. The first kappa shape index (κ1) is 15.2. The molecule has 4 nitrogen and oxygen atoms in total. The van der Waals surface area contributed by atoms with Crippen LogP contribution in [0.15, 0.2) is 0 Å². The highest BCUT2D eigenvalue weighted by atomic mass is 19.4. The third-order valence-corrected chi connectivity index (χ3v) is 3.18. The first-order valence-corrected chi connectivity index (χ1v) is 5.89. The second-order valence-corrected chi connectivity index (χ2v) is 4.66. The maximum Gasteiger partial charge on any atom is 0.389 e. The summed E-state index contributed by atoms with van der Waals surface area (Å²) in [6, 6.07) is 0. The number of hydrogen-bond donors (Lipinski definition) is 2. The minimum atomic E-state index is -4.31. The Bertz CT molecular complexity index is 275. The van der Waals surface area contributed by atoms with Crippen LogP contribution in [0.3, 0.4) is 0 Å². The molecule has 0 aromatic heterocycles. The summed E-state index contributed by atoms with van der Waals surface area (Å²) >= 11 is 0. The van der Waals surface area contributed by atoms with E-state index in [-0.39, 0.29) is 13.2 Å². The molecule has 0 atom stereocenters. The molecule has 18 heavy (non-hydrogen) atoms. The number of ether oxygens (including phenoxy) is 1. The number of alkyl halides is 3. The van der Waals surface area contributed by atoms with Crippen molar-refractivity contribution in [2.75, 3.05) is 26.4 Å². The molecule has 1 saturated heterocycles. The van der Waals surface area contributed by atoms with E-state index >= 15 is 0 Å².